The van der Waals surface area contributed by atoms with Gasteiger partial charge in [-0.2, -0.15) is 5.10 Å². The SMILES string of the molecule is OC(CNCC1CCCC1O)Cn1cccn1. The molecule has 1 aromatic rings. The highest BCUT2D eigenvalue weighted by Gasteiger charge is 2.24. The Labute approximate surface area is 101 Å². The van der Waals surface area contributed by atoms with E-state index in [1.165, 1.54) is 0 Å². The summed E-state index contributed by atoms with van der Waals surface area (Å²) < 4.78 is 1.72. The molecule has 3 atom stereocenters. The van der Waals surface area contributed by atoms with E-state index in [2.05, 4.69) is 10.4 Å². The molecule has 1 fully saturated rings. The summed E-state index contributed by atoms with van der Waals surface area (Å²) in [4.78, 5) is 0. The molecule has 1 aliphatic carbocycles. The number of aromatic nitrogens is 2. The molecule has 0 aromatic carbocycles. The average Bonchev–Trinajstić information content (AvgIpc) is 2.91. The monoisotopic (exact) mass is 239 g/mol. The van der Waals surface area contributed by atoms with Crippen LogP contribution in [0.1, 0.15) is 19.3 Å². The molecule has 96 valence electrons. The number of nitrogens with zero attached hydrogens (tertiary/aromatic N) is 2. The van der Waals surface area contributed by atoms with Crippen molar-refractivity contribution >= 4 is 0 Å². The van der Waals surface area contributed by atoms with Gasteiger partial charge < -0.3 is 15.5 Å². The zero-order chi connectivity index (χ0) is 12.1. The number of aliphatic hydroxyl groups is 2. The van der Waals surface area contributed by atoms with Crippen molar-refractivity contribution in [3.05, 3.63) is 18.5 Å². The molecule has 0 aliphatic heterocycles. The summed E-state index contributed by atoms with van der Waals surface area (Å²) in [5, 5.41) is 26.7. The van der Waals surface area contributed by atoms with Crippen LogP contribution in [-0.2, 0) is 6.54 Å². The topological polar surface area (TPSA) is 70.3 Å². The molecule has 0 saturated heterocycles. The van der Waals surface area contributed by atoms with Gasteiger partial charge >= 0.3 is 0 Å². The van der Waals surface area contributed by atoms with E-state index in [-0.39, 0.29) is 6.10 Å². The molecule has 17 heavy (non-hydrogen) atoms. The minimum Gasteiger partial charge on any atom is -0.393 e. The minimum absolute atomic E-state index is 0.161. The summed E-state index contributed by atoms with van der Waals surface area (Å²) >= 11 is 0. The van der Waals surface area contributed by atoms with Gasteiger partial charge in [-0.25, -0.2) is 0 Å². The van der Waals surface area contributed by atoms with E-state index in [1.54, 1.807) is 10.9 Å². The van der Waals surface area contributed by atoms with Crippen molar-refractivity contribution in [2.45, 2.75) is 38.0 Å². The summed E-state index contributed by atoms with van der Waals surface area (Å²) in [6, 6.07) is 1.84. The minimum atomic E-state index is -0.437. The lowest BCUT2D eigenvalue weighted by Crippen LogP contribution is -2.35. The maximum Gasteiger partial charge on any atom is 0.0860 e. The Morgan fingerprint density at radius 3 is 3.00 bits per heavy atom. The highest BCUT2D eigenvalue weighted by Crippen LogP contribution is 2.24. The Bertz CT molecular complexity index is 316. The molecule has 1 aromatic heterocycles. The summed E-state index contributed by atoms with van der Waals surface area (Å²) in [7, 11) is 0. The van der Waals surface area contributed by atoms with Crippen molar-refractivity contribution in [2.24, 2.45) is 5.92 Å². The molecule has 1 heterocycles. The molecule has 2 rings (SSSR count). The van der Waals surface area contributed by atoms with Crippen LogP contribution in [0, 0.1) is 5.92 Å². The molecule has 0 spiro atoms. The Morgan fingerprint density at radius 2 is 2.35 bits per heavy atom. The van der Waals surface area contributed by atoms with Crippen LogP contribution in [0.4, 0.5) is 0 Å². The van der Waals surface area contributed by atoms with E-state index in [4.69, 9.17) is 0 Å². The number of rotatable bonds is 6. The van der Waals surface area contributed by atoms with Crippen LogP contribution in [0.15, 0.2) is 18.5 Å². The summed E-state index contributed by atoms with van der Waals surface area (Å²) in [6.07, 6.45) is 6.06. The Hall–Kier alpha value is -0.910. The van der Waals surface area contributed by atoms with Crippen LogP contribution in [0.5, 0.6) is 0 Å². The maximum atomic E-state index is 9.77. The number of nitrogens with one attached hydrogen (secondary N) is 1. The van der Waals surface area contributed by atoms with Crippen LogP contribution in [-0.4, -0.2) is 45.3 Å². The number of hydrogen-bond acceptors (Lipinski definition) is 4. The second-order valence-electron chi connectivity index (χ2n) is 4.80. The molecule has 3 unspecified atom stereocenters. The molecule has 1 saturated carbocycles. The fourth-order valence-corrected chi connectivity index (χ4v) is 2.38. The Balaban J connectivity index is 1.61. The van der Waals surface area contributed by atoms with E-state index in [9.17, 15) is 10.2 Å². The molecule has 0 amide bonds. The molecule has 0 bridgehead atoms. The Kier molecular flexibility index (Phi) is 4.53. The Morgan fingerprint density at radius 1 is 1.47 bits per heavy atom. The van der Waals surface area contributed by atoms with Crippen LogP contribution in [0.3, 0.4) is 0 Å². The molecular weight excluding hydrogens is 218 g/mol. The lowest BCUT2D eigenvalue weighted by molar-refractivity contribution is 0.119. The first-order valence-electron chi connectivity index (χ1n) is 6.30. The first-order chi connectivity index (χ1) is 8.25. The highest BCUT2D eigenvalue weighted by molar-refractivity contribution is 4.80. The van der Waals surface area contributed by atoms with Crippen molar-refractivity contribution in [3.63, 3.8) is 0 Å². The summed E-state index contributed by atoms with van der Waals surface area (Å²) in [6.45, 7) is 1.84. The maximum absolute atomic E-state index is 9.77. The second-order valence-corrected chi connectivity index (χ2v) is 4.80. The molecule has 5 heteroatoms. The summed E-state index contributed by atoms with van der Waals surface area (Å²) in [5.74, 6) is 0.354. The predicted octanol–water partition coefficient (Wildman–Crippen LogP) is -0.00540. The van der Waals surface area contributed by atoms with Gasteiger partial charge in [-0.3, -0.25) is 4.68 Å². The van der Waals surface area contributed by atoms with Crippen molar-refractivity contribution in [1.82, 2.24) is 15.1 Å². The van der Waals surface area contributed by atoms with Crippen LogP contribution in [0.2, 0.25) is 0 Å². The standard InChI is InChI=1S/C12H21N3O2/c16-11(9-15-6-2-5-14-15)8-13-7-10-3-1-4-12(10)17/h2,5-6,10-13,16-17H,1,3-4,7-9H2. The van der Waals surface area contributed by atoms with E-state index < -0.39 is 6.10 Å². The fraction of sp³-hybridized carbons (Fsp3) is 0.750. The highest BCUT2D eigenvalue weighted by atomic mass is 16.3. The van der Waals surface area contributed by atoms with Gasteiger partial charge in [0.15, 0.2) is 0 Å². The van der Waals surface area contributed by atoms with E-state index in [0.717, 1.165) is 25.8 Å². The number of hydrogen-bond donors (Lipinski definition) is 3. The van der Waals surface area contributed by atoms with E-state index >= 15 is 0 Å². The van der Waals surface area contributed by atoms with Gasteiger partial charge in [0.1, 0.15) is 0 Å². The van der Waals surface area contributed by atoms with E-state index in [1.807, 2.05) is 12.3 Å². The zero-order valence-electron chi connectivity index (χ0n) is 10.00. The molecular formula is C12H21N3O2. The van der Waals surface area contributed by atoms with Crippen LogP contribution >= 0.6 is 0 Å². The van der Waals surface area contributed by atoms with Gasteiger partial charge in [0.05, 0.1) is 18.8 Å². The van der Waals surface area contributed by atoms with Crippen molar-refractivity contribution in [1.29, 1.82) is 0 Å². The van der Waals surface area contributed by atoms with Gasteiger partial charge in [-0.1, -0.05) is 6.42 Å². The second kappa shape index (κ2) is 6.14. The van der Waals surface area contributed by atoms with E-state index in [0.29, 0.717) is 19.0 Å². The quantitative estimate of drug-likeness (QED) is 0.653. The van der Waals surface area contributed by atoms with Gasteiger partial charge in [0.2, 0.25) is 0 Å². The predicted molar refractivity (Wildman–Crippen MR) is 64.5 cm³/mol. The van der Waals surface area contributed by atoms with Crippen LogP contribution in [0.25, 0.3) is 0 Å². The lowest BCUT2D eigenvalue weighted by Gasteiger charge is -2.17. The normalized spacial score (nSPS) is 26.2. The average molecular weight is 239 g/mol. The van der Waals surface area contributed by atoms with Gasteiger partial charge in [-0.15, -0.1) is 0 Å². The van der Waals surface area contributed by atoms with Crippen LogP contribution < -0.4 is 5.32 Å². The van der Waals surface area contributed by atoms with Crippen molar-refractivity contribution < 1.29 is 10.2 Å². The first kappa shape index (κ1) is 12.5. The molecule has 3 N–H and O–H groups in total. The van der Waals surface area contributed by atoms with Crippen molar-refractivity contribution in [2.75, 3.05) is 13.1 Å². The van der Waals surface area contributed by atoms with Gasteiger partial charge in [-0.05, 0) is 24.8 Å². The third-order valence-electron chi connectivity index (χ3n) is 3.36. The zero-order valence-corrected chi connectivity index (χ0v) is 10.00. The largest absolute Gasteiger partial charge is 0.393 e. The van der Waals surface area contributed by atoms with Gasteiger partial charge in [0, 0.05) is 25.5 Å². The third kappa shape index (κ3) is 3.80. The first-order valence-corrected chi connectivity index (χ1v) is 6.30. The van der Waals surface area contributed by atoms with Crippen molar-refractivity contribution in [3.8, 4) is 0 Å². The third-order valence-corrected chi connectivity index (χ3v) is 3.36. The smallest absolute Gasteiger partial charge is 0.0860 e. The molecule has 5 nitrogen and oxygen atoms in total. The fourth-order valence-electron chi connectivity index (χ4n) is 2.38. The lowest BCUT2D eigenvalue weighted by atomic mass is 10.1. The molecule has 0 radical (unpaired) electrons. The molecule has 1 aliphatic rings. The summed E-state index contributed by atoms with van der Waals surface area (Å²) in [5.41, 5.74) is 0. The number of aliphatic hydroxyl groups excluding tert-OH is 2. The van der Waals surface area contributed by atoms with Gasteiger partial charge in [0.25, 0.3) is 0 Å².